The summed E-state index contributed by atoms with van der Waals surface area (Å²) in [5.41, 5.74) is 2.78. The molecule has 0 radical (unpaired) electrons. The zero-order valence-corrected chi connectivity index (χ0v) is 13.1. The molecule has 1 atom stereocenters. The lowest BCUT2D eigenvalue weighted by Crippen LogP contribution is -2.12. The van der Waals surface area contributed by atoms with Crippen LogP contribution < -0.4 is 4.74 Å². The number of fused-ring (bicyclic) bond motifs is 1. The lowest BCUT2D eigenvalue weighted by Gasteiger charge is -2.23. The van der Waals surface area contributed by atoms with Crippen LogP contribution in [0.5, 0.6) is 5.75 Å². The number of hydrogen-bond donors (Lipinski definition) is 1. The van der Waals surface area contributed by atoms with Gasteiger partial charge in [0.15, 0.2) is 0 Å². The molecule has 0 saturated heterocycles. The molecule has 2 aromatic carbocycles. The molecule has 3 rings (SSSR count). The normalized spacial score (nSPS) is 15.3. The molecule has 0 fully saturated rings. The molecule has 0 bridgehead atoms. The minimum atomic E-state index is -0.711. The van der Waals surface area contributed by atoms with Crippen molar-refractivity contribution in [2.45, 2.75) is 18.9 Å². The second-order valence-corrected chi connectivity index (χ2v) is 6.13. The molecule has 0 saturated carbocycles. The minimum Gasteiger partial charge on any atom is -0.493 e. The lowest BCUT2D eigenvalue weighted by molar-refractivity contribution is 0.206. The fraction of sp³-hybridized carbons (Fsp3) is 0.250. The monoisotopic (exact) mass is 352 g/mol. The minimum absolute atomic E-state index is 0.632. The summed E-state index contributed by atoms with van der Waals surface area (Å²) in [6.45, 7) is 0.709. The Morgan fingerprint density at radius 2 is 2.10 bits per heavy atom. The zero-order valence-electron chi connectivity index (χ0n) is 10.8. The molecular formula is C16H14BrClO2. The van der Waals surface area contributed by atoms with Gasteiger partial charge in [-0.2, -0.15) is 0 Å². The zero-order chi connectivity index (χ0) is 14.1. The number of ether oxygens (including phenoxy) is 1. The third-order valence-electron chi connectivity index (χ3n) is 3.52. The number of aliphatic hydroxyl groups excluding tert-OH is 1. The van der Waals surface area contributed by atoms with Crippen LogP contribution in [0, 0.1) is 0 Å². The molecule has 1 aliphatic rings. The van der Waals surface area contributed by atoms with Gasteiger partial charge < -0.3 is 9.84 Å². The maximum Gasteiger partial charge on any atom is 0.128 e. The quantitative estimate of drug-likeness (QED) is 0.861. The van der Waals surface area contributed by atoms with Gasteiger partial charge in [0.25, 0.3) is 0 Å². The highest BCUT2D eigenvalue weighted by atomic mass is 79.9. The van der Waals surface area contributed by atoms with Gasteiger partial charge in [-0.25, -0.2) is 0 Å². The SMILES string of the molecule is OC(c1ccc(Cl)c(Br)c1)c1cccc2c1OCCC2. The highest BCUT2D eigenvalue weighted by Crippen LogP contribution is 2.37. The van der Waals surface area contributed by atoms with Gasteiger partial charge in [-0.05, 0) is 52.0 Å². The highest BCUT2D eigenvalue weighted by Gasteiger charge is 2.21. The number of aryl methyl sites for hydroxylation is 1. The second kappa shape index (κ2) is 5.76. The van der Waals surface area contributed by atoms with Crippen LogP contribution in [-0.4, -0.2) is 11.7 Å². The Hall–Kier alpha value is -1.03. The van der Waals surface area contributed by atoms with E-state index < -0.39 is 6.10 Å². The van der Waals surface area contributed by atoms with Crippen molar-refractivity contribution >= 4 is 27.5 Å². The first kappa shape index (κ1) is 13.9. The van der Waals surface area contributed by atoms with E-state index >= 15 is 0 Å². The Morgan fingerprint density at radius 1 is 1.25 bits per heavy atom. The summed E-state index contributed by atoms with van der Waals surface area (Å²) < 4.78 is 6.53. The molecule has 20 heavy (non-hydrogen) atoms. The molecule has 0 aliphatic carbocycles. The maximum atomic E-state index is 10.6. The second-order valence-electron chi connectivity index (χ2n) is 4.86. The van der Waals surface area contributed by atoms with Crippen LogP contribution in [0.4, 0.5) is 0 Å². The summed E-state index contributed by atoms with van der Waals surface area (Å²) in [4.78, 5) is 0. The van der Waals surface area contributed by atoms with Crippen molar-refractivity contribution in [3.8, 4) is 5.75 Å². The molecule has 1 heterocycles. The molecule has 2 aromatic rings. The summed E-state index contributed by atoms with van der Waals surface area (Å²) in [5.74, 6) is 0.831. The van der Waals surface area contributed by atoms with Gasteiger partial charge in [0, 0.05) is 10.0 Å². The number of para-hydroxylation sites is 1. The molecule has 0 amide bonds. The van der Waals surface area contributed by atoms with Crippen molar-refractivity contribution in [3.63, 3.8) is 0 Å². The molecule has 4 heteroatoms. The first-order chi connectivity index (χ1) is 9.66. The molecule has 0 aromatic heterocycles. The number of aliphatic hydroxyl groups is 1. The third-order valence-corrected chi connectivity index (χ3v) is 4.73. The Morgan fingerprint density at radius 3 is 2.90 bits per heavy atom. The fourth-order valence-electron chi connectivity index (χ4n) is 2.49. The van der Waals surface area contributed by atoms with Crippen molar-refractivity contribution in [1.29, 1.82) is 0 Å². The van der Waals surface area contributed by atoms with Crippen molar-refractivity contribution in [3.05, 3.63) is 62.6 Å². The van der Waals surface area contributed by atoms with Crippen LogP contribution in [0.25, 0.3) is 0 Å². The molecule has 1 N–H and O–H groups in total. The Kier molecular flexibility index (Phi) is 4.01. The standard InChI is InChI=1S/C16H14BrClO2/c17-13-9-11(6-7-14(13)18)15(19)12-5-1-3-10-4-2-8-20-16(10)12/h1,3,5-7,9,15,19H,2,4,8H2. The Bertz CT molecular complexity index is 642. The average molecular weight is 354 g/mol. The van der Waals surface area contributed by atoms with E-state index in [0.717, 1.165) is 34.2 Å². The van der Waals surface area contributed by atoms with Crippen LogP contribution in [0.2, 0.25) is 5.02 Å². The summed E-state index contributed by atoms with van der Waals surface area (Å²) in [5, 5.41) is 11.3. The summed E-state index contributed by atoms with van der Waals surface area (Å²) >= 11 is 9.38. The Labute approximate surface area is 131 Å². The average Bonchev–Trinajstić information content (AvgIpc) is 2.49. The van der Waals surface area contributed by atoms with Crippen LogP contribution in [0.1, 0.15) is 29.2 Å². The Balaban J connectivity index is 2.02. The molecule has 104 valence electrons. The smallest absolute Gasteiger partial charge is 0.128 e. The first-order valence-electron chi connectivity index (χ1n) is 6.54. The van der Waals surface area contributed by atoms with E-state index in [1.54, 1.807) is 6.07 Å². The predicted octanol–water partition coefficient (Wildman–Crippen LogP) is 4.51. The first-order valence-corrected chi connectivity index (χ1v) is 7.71. The molecule has 1 unspecified atom stereocenters. The van der Waals surface area contributed by atoms with E-state index in [0.29, 0.717) is 11.6 Å². The largest absolute Gasteiger partial charge is 0.493 e. The van der Waals surface area contributed by atoms with Gasteiger partial charge >= 0.3 is 0 Å². The number of rotatable bonds is 2. The van der Waals surface area contributed by atoms with Crippen LogP contribution in [-0.2, 0) is 6.42 Å². The van der Waals surface area contributed by atoms with Gasteiger partial charge in [0.05, 0.1) is 11.6 Å². The van der Waals surface area contributed by atoms with Crippen LogP contribution in [0.15, 0.2) is 40.9 Å². The van der Waals surface area contributed by atoms with Gasteiger partial charge in [0.2, 0.25) is 0 Å². The molecule has 0 spiro atoms. The number of benzene rings is 2. The van der Waals surface area contributed by atoms with E-state index in [9.17, 15) is 5.11 Å². The van der Waals surface area contributed by atoms with Crippen molar-refractivity contribution < 1.29 is 9.84 Å². The summed E-state index contributed by atoms with van der Waals surface area (Å²) in [6, 6.07) is 11.4. The van der Waals surface area contributed by atoms with E-state index in [-0.39, 0.29) is 0 Å². The van der Waals surface area contributed by atoms with E-state index in [4.69, 9.17) is 16.3 Å². The van der Waals surface area contributed by atoms with Gasteiger partial charge in [-0.1, -0.05) is 35.9 Å². The lowest BCUT2D eigenvalue weighted by atomic mass is 9.96. The third kappa shape index (κ3) is 2.58. The number of halogens is 2. The summed E-state index contributed by atoms with van der Waals surface area (Å²) in [6.07, 6.45) is 1.32. The molecular weight excluding hydrogens is 340 g/mol. The summed E-state index contributed by atoms with van der Waals surface area (Å²) in [7, 11) is 0. The van der Waals surface area contributed by atoms with Gasteiger partial charge in [-0.15, -0.1) is 0 Å². The number of hydrogen-bond acceptors (Lipinski definition) is 2. The van der Waals surface area contributed by atoms with Crippen LogP contribution >= 0.6 is 27.5 Å². The van der Waals surface area contributed by atoms with E-state index in [1.807, 2.05) is 24.3 Å². The van der Waals surface area contributed by atoms with Crippen LogP contribution in [0.3, 0.4) is 0 Å². The van der Waals surface area contributed by atoms with Crippen molar-refractivity contribution in [2.75, 3.05) is 6.61 Å². The maximum absolute atomic E-state index is 10.6. The van der Waals surface area contributed by atoms with Gasteiger partial charge in [0.1, 0.15) is 11.9 Å². The van der Waals surface area contributed by atoms with Gasteiger partial charge in [-0.3, -0.25) is 0 Å². The topological polar surface area (TPSA) is 29.5 Å². The van der Waals surface area contributed by atoms with E-state index in [2.05, 4.69) is 22.0 Å². The highest BCUT2D eigenvalue weighted by molar-refractivity contribution is 9.10. The van der Waals surface area contributed by atoms with Crippen molar-refractivity contribution in [2.24, 2.45) is 0 Å². The fourth-order valence-corrected chi connectivity index (χ4v) is 3.01. The molecule has 1 aliphatic heterocycles. The molecule has 2 nitrogen and oxygen atoms in total. The predicted molar refractivity (Wildman–Crippen MR) is 83.5 cm³/mol. The van der Waals surface area contributed by atoms with E-state index in [1.165, 1.54) is 5.56 Å². The van der Waals surface area contributed by atoms with Crippen molar-refractivity contribution in [1.82, 2.24) is 0 Å².